The van der Waals surface area contributed by atoms with E-state index >= 15 is 0 Å². The van der Waals surface area contributed by atoms with Crippen molar-refractivity contribution in [2.45, 2.75) is 58.0 Å². The van der Waals surface area contributed by atoms with Gasteiger partial charge in [0, 0.05) is 28.9 Å². The van der Waals surface area contributed by atoms with Crippen LogP contribution in [0.2, 0.25) is 0 Å². The summed E-state index contributed by atoms with van der Waals surface area (Å²) in [5, 5.41) is 0. The van der Waals surface area contributed by atoms with E-state index in [-0.39, 0.29) is 29.3 Å². The predicted molar refractivity (Wildman–Crippen MR) is 87.4 cm³/mol. The fourth-order valence-corrected chi connectivity index (χ4v) is 5.67. The number of fused-ring (bicyclic) bond motifs is 3. The number of rotatable bonds is 0. The molecule has 1 aromatic heterocycles. The van der Waals surface area contributed by atoms with Gasteiger partial charge in [0.25, 0.3) is 0 Å². The highest BCUT2D eigenvalue weighted by Crippen LogP contribution is 2.60. The van der Waals surface area contributed by atoms with Gasteiger partial charge in [-0.3, -0.25) is 9.59 Å². The van der Waals surface area contributed by atoms with Crippen LogP contribution in [0.25, 0.3) is 0 Å². The molecule has 0 radical (unpaired) electrons. The summed E-state index contributed by atoms with van der Waals surface area (Å²) in [5.41, 5.74) is 1.85. The number of hydrogen-bond acceptors (Lipinski definition) is 5. The highest BCUT2D eigenvalue weighted by atomic mass is 16.5. The molecule has 5 nitrogen and oxygen atoms in total. The number of hydrogen-bond donors (Lipinski definition) is 0. The van der Waals surface area contributed by atoms with Crippen molar-refractivity contribution in [3.63, 3.8) is 0 Å². The van der Waals surface area contributed by atoms with E-state index in [0.29, 0.717) is 30.4 Å². The van der Waals surface area contributed by atoms with Gasteiger partial charge in [0.2, 0.25) is 5.78 Å². The fraction of sp³-hybridized carbons (Fsp3) is 0.550. The molecule has 4 atom stereocenters. The molecule has 1 saturated carbocycles. The van der Waals surface area contributed by atoms with Gasteiger partial charge >= 0.3 is 5.97 Å². The lowest BCUT2D eigenvalue weighted by molar-refractivity contribution is -0.126. The van der Waals surface area contributed by atoms with E-state index < -0.39 is 16.8 Å². The standard InChI is InChI=1S/C20H20O5/c1-9-20(3)12-6-7-19(2)11(4-5-13(19)21)14(12)16(22)17-15(20)10(8-24-17)18(23)25-9/h8-9,11H,4-7H2,1-3H3/t9-,11?,19?,20?/m1/s1. The van der Waals surface area contributed by atoms with Gasteiger partial charge in [0.05, 0.1) is 5.41 Å². The van der Waals surface area contributed by atoms with Gasteiger partial charge in [-0.15, -0.1) is 0 Å². The second kappa shape index (κ2) is 4.32. The first-order chi connectivity index (χ1) is 11.8. The molecule has 5 rings (SSSR count). The number of carbonyl (C=O) groups is 3. The van der Waals surface area contributed by atoms with Crippen LogP contribution in [0.4, 0.5) is 0 Å². The Labute approximate surface area is 145 Å². The van der Waals surface area contributed by atoms with Gasteiger partial charge in [-0.25, -0.2) is 4.79 Å². The smallest absolute Gasteiger partial charge is 0.342 e. The van der Waals surface area contributed by atoms with Gasteiger partial charge in [0.1, 0.15) is 23.7 Å². The molecule has 1 aliphatic heterocycles. The van der Waals surface area contributed by atoms with E-state index in [4.69, 9.17) is 9.15 Å². The second-order valence-electron chi connectivity index (χ2n) is 8.26. The number of ketones is 2. The summed E-state index contributed by atoms with van der Waals surface area (Å²) in [6, 6.07) is 0. The Morgan fingerprint density at radius 3 is 2.68 bits per heavy atom. The Balaban J connectivity index is 1.80. The molecule has 130 valence electrons. The van der Waals surface area contributed by atoms with Gasteiger partial charge in [-0.2, -0.15) is 0 Å². The maximum absolute atomic E-state index is 13.3. The Kier molecular flexibility index (Phi) is 2.61. The summed E-state index contributed by atoms with van der Waals surface area (Å²) in [7, 11) is 0. The van der Waals surface area contributed by atoms with Crippen LogP contribution in [-0.4, -0.2) is 23.6 Å². The molecule has 25 heavy (non-hydrogen) atoms. The molecule has 1 fully saturated rings. The monoisotopic (exact) mass is 340 g/mol. The predicted octanol–water partition coefficient (Wildman–Crippen LogP) is 3.37. The molecule has 2 heterocycles. The summed E-state index contributed by atoms with van der Waals surface area (Å²) >= 11 is 0. The van der Waals surface area contributed by atoms with Crippen molar-refractivity contribution in [3.8, 4) is 0 Å². The van der Waals surface area contributed by atoms with E-state index in [2.05, 4.69) is 0 Å². The molecule has 4 aliphatic rings. The zero-order chi connectivity index (χ0) is 17.7. The first-order valence-electron chi connectivity index (χ1n) is 8.94. The summed E-state index contributed by atoms with van der Waals surface area (Å²) in [6.07, 6.45) is 3.66. The quantitative estimate of drug-likeness (QED) is 0.677. The lowest BCUT2D eigenvalue weighted by Gasteiger charge is -2.49. The molecular formula is C20H20O5. The van der Waals surface area contributed by atoms with E-state index in [1.165, 1.54) is 6.26 Å². The number of Topliss-reactive ketones (excluding diaryl/α,β-unsaturated/α-hetero) is 2. The van der Waals surface area contributed by atoms with E-state index in [1.807, 2.05) is 20.8 Å². The minimum absolute atomic E-state index is 0.0559. The van der Waals surface area contributed by atoms with Crippen molar-refractivity contribution in [1.82, 2.24) is 0 Å². The van der Waals surface area contributed by atoms with Crippen molar-refractivity contribution in [3.05, 3.63) is 34.3 Å². The first-order valence-corrected chi connectivity index (χ1v) is 8.94. The molecule has 0 bridgehead atoms. The minimum atomic E-state index is -0.554. The first kappa shape index (κ1) is 15.1. The number of furan rings is 1. The van der Waals surface area contributed by atoms with Crippen molar-refractivity contribution < 1.29 is 23.5 Å². The molecule has 3 aliphatic carbocycles. The topological polar surface area (TPSA) is 73.6 Å². The van der Waals surface area contributed by atoms with Crippen LogP contribution in [0.5, 0.6) is 0 Å². The molecule has 5 heteroatoms. The van der Waals surface area contributed by atoms with Crippen LogP contribution in [0.1, 0.15) is 72.9 Å². The van der Waals surface area contributed by atoms with E-state index in [0.717, 1.165) is 17.6 Å². The number of esters is 1. The van der Waals surface area contributed by atoms with Gasteiger partial charge < -0.3 is 9.15 Å². The van der Waals surface area contributed by atoms with Crippen LogP contribution in [0.3, 0.4) is 0 Å². The normalized spacial score (nSPS) is 39.1. The number of cyclic esters (lactones) is 1. The maximum atomic E-state index is 13.3. The Morgan fingerprint density at radius 1 is 1.16 bits per heavy atom. The highest BCUT2D eigenvalue weighted by Gasteiger charge is 2.60. The molecule has 0 spiro atoms. The molecular weight excluding hydrogens is 320 g/mol. The zero-order valence-electron chi connectivity index (χ0n) is 14.6. The Bertz CT molecular complexity index is 903. The third kappa shape index (κ3) is 1.49. The van der Waals surface area contributed by atoms with Crippen molar-refractivity contribution in [2.24, 2.45) is 11.3 Å². The summed E-state index contributed by atoms with van der Waals surface area (Å²) in [6.45, 7) is 5.93. The van der Waals surface area contributed by atoms with Gasteiger partial charge in [-0.1, -0.05) is 6.92 Å². The lowest BCUT2D eigenvalue weighted by Crippen LogP contribution is -2.51. The SMILES string of the molecule is C[C@H]1OC(=O)c2coc3c2C1(C)C1=C(C3=O)C2CCC(=O)C2(C)CC1. The molecule has 3 unspecified atom stereocenters. The molecule has 0 N–H and O–H groups in total. The van der Waals surface area contributed by atoms with Crippen molar-refractivity contribution in [2.75, 3.05) is 0 Å². The average Bonchev–Trinajstić information content (AvgIpc) is 3.14. The van der Waals surface area contributed by atoms with Crippen molar-refractivity contribution >= 4 is 17.5 Å². The van der Waals surface area contributed by atoms with Crippen LogP contribution < -0.4 is 0 Å². The molecule has 1 aromatic rings. The fourth-order valence-electron chi connectivity index (χ4n) is 5.67. The lowest BCUT2D eigenvalue weighted by atomic mass is 9.55. The zero-order valence-corrected chi connectivity index (χ0v) is 14.6. The number of ether oxygens (including phenoxy) is 1. The number of allylic oxidation sites excluding steroid dienone is 1. The summed E-state index contributed by atoms with van der Waals surface area (Å²) < 4.78 is 11.2. The minimum Gasteiger partial charge on any atom is -0.460 e. The number of carbonyl (C=O) groups excluding carboxylic acids is 3. The third-order valence-corrected chi connectivity index (χ3v) is 7.34. The van der Waals surface area contributed by atoms with Crippen LogP contribution in [0, 0.1) is 11.3 Å². The van der Waals surface area contributed by atoms with Gasteiger partial charge in [-0.05, 0) is 38.7 Å². The molecule has 0 saturated heterocycles. The molecule has 0 aromatic carbocycles. The second-order valence-corrected chi connectivity index (χ2v) is 8.26. The van der Waals surface area contributed by atoms with E-state index in [1.54, 1.807) is 0 Å². The summed E-state index contributed by atoms with van der Waals surface area (Å²) in [4.78, 5) is 38.0. The molecule has 0 amide bonds. The van der Waals surface area contributed by atoms with Gasteiger partial charge in [0.15, 0.2) is 5.76 Å². The highest BCUT2D eigenvalue weighted by molar-refractivity contribution is 6.14. The Hall–Kier alpha value is -2.17. The largest absolute Gasteiger partial charge is 0.460 e. The summed E-state index contributed by atoms with van der Waals surface area (Å²) in [5.74, 6) is -0.0937. The Morgan fingerprint density at radius 2 is 1.92 bits per heavy atom. The van der Waals surface area contributed by atoms with Crippen LogP contribution >= 0.6 is 0 Å². The van der Waals surface area contributed by atoms with Crippen LogP contribution in [0.15, 0.2) is 21.8 Å². The third-order valence-electron chi connectivity index (χ3n) is 7.34. The van der Waals surface area contributed by atoms with E-state index in [9.17, 15) is 14.4 Å². The maximum Gasteiger partial charge on any atom is 0.342 e. The van der Waals surface area contributed by atoms with Crippen molar-refractivity contribution in [1.29, 1.82) is 0 Å². The average molecular weight is 340 g/mol. The van der Waals surface area contributed by atoms with Crippen LogP contribution in [-0.2, 0) is 14.9 Å².